The molecule has 0 fully saturated rings. The zero-order chi connectivity index (χ0) is 14.4. The Kier molecular flexibility index (Phi) is 5.16. The number of hydrogen-bond donors (Lipinski definition) is 0. The topological polar surface area (TPSA) is 61.6 Å². The van der Waals surface area contributed by atoms with E-state index in [4.69, 9.17) is 9.47 Å². The lowest BCUT2D eigenvalue weighted by Crippen LogP contribution is -2.09. The van der Waals surface area contributed by atoms with Crippen molar-refractivity contribution in [1.29, 1.82) is 0 Å². The first-order valence-corrected chi connectivity index (χ1v) is 6.98. The lowest BCUT2D eigenvalue weighted by atomic mass is 10.3. The molecule has 20 heavy (non-hydrogen) atoms. The number of nitro benzene ring substituents is 1. The highest BCUT2D eigenvalue weighted by Gasteiger charge is 2.06. The molecule has 0 aliphatic heterocycles. The van der Waals surface area contributed by atoms with Crippen molar-refractivity contribution in [2.75, 3.05) is 13.2 Å². The number of hydrogen-bond acceptors (Lipinski definition) is 4. The second kappa shape index (κ2) is 7.09. The quantitative estimate of drug-likeness (QED) is 0.330. The molecule has 0 bridgehead atoms. The minimum atomic E-state index is -0.449. The normalized spacial score (nSPS) is 10.1. The molecule has 0 spiro atoms. The van der Waals surface area contributed by atoms with Gasteiger partial charge in [-0.15, -0.1) is 0 Å². The molecule has 0 aromatic heterocycles. The molecule has 5 nitrogen and oxygen atoms in total. The second-order valence-electron chi connectivity index (χ2n) is 3.91. The fraction of sp³-hybridized carbons (Fsp3) is 0.143. The van der Waals surface area contributed by atoms with Gasteiger partial charge in [-0.25, -0.2) is 0 Å². The molecule has 2 rings (SSSR count). The van der Waals surface area contributed by atoms with Gasteiger partial charge in [0.2, 0.25) is 0 Å². The summed E-state index contributed by atoms with van der Waals surface area (Å²) in [5.74, 6) is 1.23. The molecule has 2 aromatic carbocycles. The Bertz CT molecular complexity index is 586. The van der Waals surface area contributed by atoms with Crippen LogP contribution in [0.5, 0.6) is 11.5 Å². The highest BCUT2D eigenvalue weighted by molar-refractivity contribution is 14.1. The van der Waals surface area contributed by atoms with E-state index in [-0.39, 0.29) is 5.69 Å². The summed E-state index contributed by atoms with van der Waals surface area (Å²) in [5, 5.41) is 10.6. The van der Waals surface area contributed by atoms with Gasteiger partial charge in [-0.1, -0.05) is 6.07 Å². The lowest BCUT2D eigenvalue weighted by Gasteiger charge is -2.08. The molecule has 2 aromatic rings. The van der Waals surface area contributed by atoms with Crippen molar-refractivity contribution in [3.8, 4) is 11.5 Å². The molecule has 0 radical (unpaired) electrons. The largest absolute Gasteiger partial charge is 0.490 e. The van der Waals surface area contributed by atoms with Crippen LogP contribution in [0.3, 0.4) is 0 Å². The first-order valence-electron chi connectivity index (χ1n) is 5.91. The van der Waals surface area contributed by atoms with Crippen molar-refractivity contribution in [3.05, 3.63) is 62.2 Å². The van der Waals surface area contributed by atoms with Gasteiger partial charge < -0.3 is 9.47 Å². The summed E-state index contributed by atoms with van der Waals surface area (Å²) < 4.78 is 12.1. The molecule has 0 unspecified atom stereocenters. The van der Waals surface area contributed by atoms with Gasteiger partial charge in [0.05, 0.1) is 11.0 Å². The minimum Gasteiger partial charge on any atom is -0.490 e. The Labute approximate surface area is 129 Å². The van der Waals surface area contributed by atoms with E-state index in [9.17, 15) is 10.1 Å². The van der Waals surface area contributed by atoms with E-state index in [1.165, 1.54) is 12.1 Å². The number of halogens is 1. The molecule has 104 valence electrons. The summed E-state index contributed by atoms with van der Waals surface area (Å²) in [4.78, 5) is 10.2. The summed E-state index contributed by atoms with van der Waals surface area (Å²) in [6, 6.07) is 13.8. The monoisotopic (exact) mass is 385 g/mol. The third-order valence-electron chi connectivity index (χ3n) is 2.46. The van der Waals surface area contributed by atoms with Gasteiger partial charge in [-0.05, 0) is 52.9 Å². The fourth-order valence-corrected chi connectivity index (χ4v) is 1.90. The number of nitrogens with zero attached hydrogens (tertiary/aromatic N) is 1. The van der Waals surface area contributed by atoms with Gasteiger partial charge in [0.15, 0.2) is 0 Å². The lowest BCUT2D eigenvalue weighted by molar-refractivity contribution is -0.384. The average molecular weight is 385 g/mol. The van der Waals surface area contributed by atoms with Crippen LogP contribution in [0.4, 0.5) is 5.69 Å². The Hall–Kier alpha value is -1.83. The summed E-state index contributed by atoms with van der Waals surface area (Å²) in [7, 11) is 0. The highest BCUT2D eigenvalue weighted by Crippen LogP contribution is 2.19. The van der Waals surface area contributed by atoms with Crippen molar-refractivity contribution in [3.63, 3.8) is 0 Å². The highest BCUT2D eigenvalue weighted by atomic mass is 127. The number of ether oxygens (including phenoxy) is 2. The number of nitro groups is 1. The number of benzene rings is 2. The third-order valence-corrected chi connectivity index (χ3v) is 3.18. The van der Waals surface area contributed by atoms with Crippen LogP contribution < -0.4 is 9.47 Å². The van der Waals surface area contributed by atoms with Crippen molar-refractivity contribution >= 4 is 28.3 Å². The van der Waals surface area contributed by atoms with Gasteiger partial charge in [-0.3, -0.25) is 10.1 Å². The molecule has 0 saturated heterocycles. The first kappa shape index (κ1) is 14.6. The van der Waals surface area contributed by atoms with E-state index in [0.717, 1.165) is 9.32 Å². The van der Waals surface area contributed by atoms with Crippen molar-refractivity contribution in [1.82, 2.24) is 0 Å². The SMILES string of the molecule is O=[N+]([O-])c1cccc(OCCOc2ccc(I)cc2)c1. The minimum absolute atomic E-state index is 0.0149. The van der Waals surface area contributed by atoms with Crippen LogP contribution in [0.1, 0.15) is 0 Å². The summed E-state index contributed by atoms with van der Waals surface area (Å²) >= 11 is 2.22. The maximum atomic E-state index is 10.6. The van der Waals surface area contributed by atoms with Crippen LogP contribution in [0.2, 0.25) is 0 Å². The van der Waals surface area contributed by atoms with Crippen molar-refractivity contribution < 1.29 is 14.4 Å². The van der Waals surface area contributed by atoms with Crippen LogP contribution in [-0.4, -0.2) is 18.1 Å². The second-order valence-corrected chi connectivity index (χ2v) is 5.15. The molecule has 0 N–H and O–H groups in total. The van der Waals surface area contributed by atoms with Crippen LogP contribution in [0.15, 0.2) is 48.5 Å². The summed E-state index contributed by atoms with van der Waals surface area (Å²) in [5.41, 5.74) is 0.0149. The molecule has 0 aliphatic rings. The van der Waals surface area contributed by atoms with Crippen molar-refractivity contribution in [2.24, 2.45) is 0 Å². The van der Waals surface area contributed by atoms with Crippen LogP contribution >= 0.6 is 22.6 Å². The maximum Gasteiger partial charge on any atom is 0.273 e. The van der Waals surface area contributed by atoms with Crippen LogP contribution in [0.25, 0.3) is 0 Å². The molecule has 0 aliphatic carbocycles. The van der Waals surface area contributed by atoms with Crippen LogP contribution in [0, 0.1) is 13.7 Å². The standard InChI is InChI=1S/C14H12INO4/c15-11-4-6-13(7-5-11)19-8-9-20-14-3-1-2-12(10-14)16(17)18/h1-7,10H,8-9H2. The van der Waals surface area contributed by atoms with Gasteiger partial charge in [0.1, 0.15) is 24.7 Å². The van der Waals surface area contributed by atoms with E-state index in [2.05, 4.69) is 22.6 Å². The number of non-ortho nitro benzene ring substituents is 1. The summed E-state index contributed by atoms with van der Waals surface area (Å²) in [6.07, 6.45) is 0. The molecule has 0 atom stereocenters. The Morgan fingerprint density at radius 1 is 1.00 bits per heavy atom. The molecular formula is C14H12INO4. The molecule has 0 amide bonds. The Morgan fingerprint density at radius 2 is 1.65 bits per heavy atom. The fourth-order valence-electron chi connectivity index (χ4n) is 1.54. The van der Waals surface area contributed by atoms with E-state index < -0.39 is 4.92 Å². The maximum absolute atomic E-state index is 10.6. The van der Waals surface area contributed by atoms with Crippen LogP contribution in [-0.2, 0) is 0 Å². The molecule has 0 saturated carbocycles. The van der Waals surface area contributed by atoms with Gasteiger partial charge >= 0.3 is 0 Å². The van der Waals surface area contributed by atoms with Gasteiger partial charge in [0, 0.05) is 9.64 Å². The predicted molar refractivity (Wildman–Crippen MR) is 83.2 cm³/mol. The van der Waals surface area contributed by atoms with Gasteiger partial charge in [-0.2, -0.15) is 0 Å². The Morgan fingerprint density at radius 3 is 2.30 bits per heavy atom. The predicted octanol–water partition coefficient (Wildman–Crippen LogP) is 3.66. The number of rotatable bonds is 6. The average Bonchev–Trinajstić information content (AvgIpc) is 2.46. The van der Waals surface area contributed by atoms with Gasteiger partial charge in [0.25, 0.3) is 5.69 Å². The van der Waals surface area contributed by atoms with E-state index in [1.54, 1.807) is 12.1 Å². The molecular weight excluding hydrogens is 373 g/mol. The molecule has 0 heterocycles. The first-order chi connectivity index (χ1) is 9.65. The van der Waals surface area contributed by atoms with E-state index in [1.807, 2.05) is 24.3 Å². The van der Waals surface area contributed by atoms with E-state index >= 15 is 0 Å². The molecule has 6 heteroatoms. The zero-order valence-corrected chi connectivity index (χ0v) is 12.6. The smallest absolute Gasteiger partial charge is 0.273 e. The third kappa shape index (κ3) is 4.37. The van der Waals surface area contributed by atoms with Crippen molar-refractivity contribution in [2.45, 2.75) is 0 Å². The summed E-state index contributed by atoms with van der Waals surface area (Å²) in [6.45, 7) is 0.705. The zero-order valence-electron chi connectivity index (χ0n) is 10.5. The Balaban J connectivity index is 1.79. The van der Waals surface area contributed by atoms with E-state index in [0.29, 0.717) is 19.0 Å².